The van der Waals surface area contributed by atoms with Crippen LogP contribution in [0.15, 0.2) is 53.6 Å². The molecule has 28 heavy (non-hydrogen) atoms. The molecule has 8 heteroatoms. The number of pyridine rings is 1. The van der Waals surface area contributed by atoms with Crippen LogP contribution in [0.5, 0.6) is 0 Å². The molecule has 1 N–H and O–H groups in total. The van der Waals surface area contributed by atoms with Gasteiger partial charge in [0, 0.05) is 41.4 Å². The molecule has 1 aliphatic heterocycles. The fourth-order valence-corrected chi connectivity index (χ4v) is 6.19. The quantitative estimate of drug-likeness (QED) is 0.658. The van der Waals surface area contributed by atoms with Gasteiger partial charge in [0.2, 0.25) is 10.0 Å². The summed E-state index contributed by atoms with van der Waals surface area (Å²) in [4.78, 5) is 6.67. The molecule has 146 valence electrons. The van der Waals surface area contributed by atoms with E-state index in [-0.39, 0.29) is 16.0 Å². The predicted molar refractivity (Wildman–Crippen MR) is 114 cm³/mol. The van der Waals surface area contributed by atoms with Gasteiger partial charge in [-0.05, 0) is 55.3 Å². The highest BCUT2D eigenvalue weighted by molar-refractivity contribution is 7.89. The largest absolute Gasteiger partial charge is 0.369 e. The van der Waals surface area contributed by atoms with Crippen LogP contribution in [0.25, 0.3) is 10.9 Å². The third-order valence-corrected chi connectivity index (χ3v) is 7.29. The van der Waals surface area contributed by atoms with E-state index < -0.39 is 10.0 Å². The van der Waals surface area contributed by atoms with Gasteiger partial charge in [0.25, 0.3) is 0 Å². The maximum atomic E-state index is 12.9. The summed E-state index contributed by atoms with van der Waals surface area (Å²) in [7, 11) is -3.75. The van der Waals surface area contributed by atoms with Crippen molar-refractivity contribution >= 4 is 49.8 Å². The van der Waals surface area contributed by atoms with Gasteiger partial charge >= 0.3 is 0 Å². The summed E-state index contributed by atoms with van der Waals surface area (Å²) in [6.07, 6.45) is 2.48. The predicted octanol–water partition coefficient (Wildman–Crippen LogP) is 4.41. The number of hydrogen-bond donors (Lipinski definition) is 1. The number of halogens is 2. The molecule has 0 radical (unpaired) electrons. The fourth-order valence-electron chi connectivity index (χ4n) is 3.75. The lowest BCUT2D eigenvalue weighted by atomic mass is 10.1. The standard InChI is InChI=1S/C20H19Cl2N3O2S/c1-13-10-14(21)11-17(22)20(13)28(26,27)24-15-7-9-25(12-15)19-6-2-5-18-16(19)4-3-8-23-18/h2-6,8,10-11,15,24H,7,9,12H2,1H3. The van der Waals surface area contributed by atoms with E-state index in [0.29, 0.717) is 23.6 Å². The van der Waals surface area contributed by atoms with Crippen molar-refractivity contribution in [3.8, 4) is 0 Å². The molecule has 1 saturated heterocycles. The summed E-state index contributed by atoms with van der Waals surface area (Å²) in [6.45, 7) is 3.03. The molecular formula is C20H19Cl2N3O2S. The number of nitrogens with zero attached hydrogens (tertiary/aromatic N) is 2. The maximum absolute atomic E-state index is 12.9. The summed E-state index contributed by atoms with van der Waals surface area (Å²) in [5.74, 6) is 0. The molecule has 1 fully saturated rings. The number of fused-ring (bicyclic) bond motifs is 1. The highest BCUT2D eigenvalue weighted by atomic mass is 35.5. The average molecular weight is 436 g/mol. The van der Waals surface area contributed by atoms with Gasteiger partial charge in [-0.15, -0.1) is 0 Å². The second-order valence-corrected chi connectivity index (χ2v) is 9.43. The molecule has 0 spiro atoms. The van der Waals surface area contributed by atoms with Gasteiger partial charge in [0.1, 0.15) is 4.90 Å². The van der Waals surface area contributed by atoms with Gasteiger partial charge in [-0.25, -0.2) is 13.1 Å². The number of nitrogens with one attached hydrogen (secondary N) is 1. The first-order valence-corrected chi connectivity index (χ1v) is 11.2. The number of sulfonamides is 1. The number of hydrogen-bond acceptors (Lipinski definition) is 4. The Morgan fingerprint density at radius 1 is 1.18 bits per heavy atom. The van der Waals surface area contributed by atoms with Crippen molar-refractivity contribution in [2.45, 2.75) is 24.3 Å². The lowest BCUT2D eigenvalue weighted by Crippen LogP contribution is -2.37. The van der Waals surface area contributed by atoms with Crippen molar-refractivity contribution in [1.29, 1.82) is 0 Å². The van der Waals surface area contributed by atoms with Crippen molar-refractivity contribution in [3.63, 3.8) is 0 Å². The molecule has 4 rings (SSSR count). The number of anilines is 1. The first-order valence-electron chi connectivity index (χ1n) is 8.92. The zero-order valence-corrected chi connectivity index (χ0v) is 17.5. The van der Waals surface area contributed by atoms with E-state index in [0.717, 1.165) is 23.1 Å². The van der Waals surface area contributed by atoms with Crippen molar-refractivity contribution < 1.29 is 8.42 Å². The molecule has 0 saturated carbocycles. The lowest BCUT2D eigenvalue weighted by Gasteiger charge is -2.21. The van der Waals surface area contributed by atoms with Crippen LogP contribution in [-0.4, -0.2) is 32.5 Å². The van der Waals surface area contributed by atoms with E-state index in [1.807, 2.05) is 30.3 Å². The first-order chi connectivity index (χ1) is 13.3. The normalized spacial score (nSPS) is 17.4. The van der Waals surface area contributed by atoms with Crippen LogP contribution in [0, 0.1) is 6.92 Å². The van der Waals surface area contributed by atoms with Crippen molar-refractivity contribution in [2.24, 2.45) is 0 Å². The van der Waals surface area contributed by atoms with E-state index >= 15 is 0 Å². The molecule has 5 nitrogen and oxygen atoms in total. The maximum Gasteiger partial charge on any atom is 0.242 e. The average Bonchev–Trinajstić information content (AvgIpc) is 3.07. The highest BCUT2D eigenvalue weighted by Crippen LogP contribution is 2.31. The molecule has 2 aromatic carbocycles. The second kappa shape index (κ2) is 7.52. The minimum atomic E-state index is -3.75. The van der Waals surface area contributed by atoms with E-state index in [4.69, 9.17) is 23.2 Å². The van der Waals surface area contributed by atoms with Gasteiger partial charge in [0.05, 0.1) is 10.5 Å². The molecule has 1 atom stereocenters. The first kappa shape index (κ1) is 19.5. The number of aryl methyl sites for hydroxylation is 1. The van der Waals surface area contributed by atoms with E-state index in [9.17, 15) is 8.42 Å². The van der Waals surface area contributed by atoms with Crippen molar-refractivity contribution in [3.05, 3.63) is 64.3 Å². The van der Waals surface area contributed by atoms with Gasteiger partial charge < -0.3 is 4.90 Å². The number of aromatic nitrogens is 1. The van der Waals surface area contributed by atoms with Crippen molar-refractivity contribution in [1.82, 2.24) is 9.71 Å². The Hall–Kier alpha value is -1.86. The van der Waals surface area contributed by atoms with Crippen LogP contribution in [0.2, 0.25) is 10.0 Å². The molecule has 1 aromatic heterocycles. The van der Waals surface area contributed by atoms with Gasteiger partial charge in [-0.1, -0.05) is 29.3 Å². The van der Waals surface area contributed by atoms with E-state index in [1.54, 1.807) is 19.2 Å². The Labute approximate surface area is 174 Å². The zero-order valence-electron chi connectivity index (χ0n) is 15.2. The van der Waals surface area contributed by atoms with Crippen molar-refractivity contribution in [2.75, 3.05) is 18.0 Å². The fraction of sp³-hybridized carbons (Fsp3) is 0.250. The molecule has 1 aliphatic rings. The number of rotatable bonds is 4. The molecule has 0 amide bonds. The molecule has 1 unspecified atom stereocenters. The molecule has 0 bridgehead atoms. The SMILES string of the molecule is Cc1cc(Cl)cc(Cl)c1S(=O)(=O)NC1CCN(c2cccc3ncccc23)C1. The minimum absolute atomic E-state index is 0.0892. The van der Waals surface area contributed by atoms with Crippen LogP contribution >= 0.6 is 23.2 Å². The molecular weight excluding hydrogens is 417 g/mol. The Kier molecular flexibility index (Phi) is 5.22. The van der Waals surface area contributed by atoms with E-state index in [1.165, 1.54) is 6.07 Å². The molecule has 2 heterocycles. The smallest absolute Gasteiger partial charge is 0.242 e. The van der Waals surface area contributed by atoms with Crippen LogP contribution in [0.1, 0.15) is 12.0 Å². The summed E-state index contributed by atoms with van der Waals surface area (Å²) in [5, 5.41) is 1.61. The Morgan fingerprint density at radius 3 is 2.79 bits per heavy atom. The van der Waals surface area contributed by atoms with Crippen LogP contribution in [-0.2, 0) is 10.0 Å². The molecule has 0 aliphatic carbocycles. The lowest BCUT2D eigenvalue weighted by molar-refractivity contribution is 0.561. The Morgan fingerprint density at radius 2 is 2.00 bits per heavy atom. The van der Waals surface area contributed by atoms with Crippen LogP contribution < -0.4 is 9.62 Å². The van der Waals surface area contributed by atoms with Gasteiger partial charge in [0.15, 0.2) is 0 Å². The van der Waals surface area contributed by atoms with E-state index in [2.05, 4.69) is 14.6 Å². The highest BCUT2D eigenvalue weighted by Gasteiger charge is 2.30. The second-order valence-electron chi connectivity index (χ2n) is 6.93. The zero-order chi connectivity index (χ0) is 19.9. The monoisotopic (exact) mass is 435 g/mol. The Bertz CT molecular complexity index is 1120. The Balaban J connectivity index is 1.57. The van der Waals surface area contributed by atoms with Crippen LogP contribution in [0.3, 0.4) is 0 Å². The van der Waals surface area contributed by atoms with Crippen LogP contribution in [0.4, 0.5) is 5.69 Å². The minimum Gasteiger partial charge on any atom is -0.369 e. The van der Waals surface area contributed by atoms with Gasteiger partial charge in [-0.3, -0.25) is 4.98 Å². The third kappa shape index (κ3) is 3.70. The van der Waals surface area contributed by atoms with Gasteiger partial charge in [-0.2, -0.15) is 0 Å². The number of benzene rings is 2. The topological polar surface area (TPSA) is 62.3 Å². The summed E-state index contributed by atoms with van der Waals surface area (Å²) < 4.78 is 28.7. The summed E-state index contributed by atoms with van der Waals surface area (Å²) >= 11 is 12.1. The molecule has 3 aromatic rings. The summed E-state index contributed by atoms with van der Waals surface area (Å²) in [5.41, 5.74) is 2.51. The third-order valence-electron chi connectivity index (χ3n) is 4.94. The summed E-state index contributed by atoms with van der Waals surface area (Å²) in [6, 6.07) is 12.8.